The molecule has 0 heterocycles. The molecule has 0 fully saturated rings. The van der Waals surface area contributed by atoms with Crippen LogP contribution in [0.5, 0.6) is 0 Å². The van der Waals surface area contributed by atoms with E-state index in [9.17, 15) is 17.2 Å². The summed E-state index contributed by atoms with van der Waals surface area (Å²) < 4.78 is 52.0. The molecule has 0 unspecified atom stereocenters. The number of nitriles is 1. The lowest BCUT2D eigenvalue weighted by Gasteiger charge is -2.19. The van der Waals surface area contributed by atoms with Crippen LogP contribution >= 0.6 is 0 Å². The van der Waals surface area contributed by atoms with E-state index in [0.29, 0.717) is 11.6 Å². The molecule has 0 saturated carbocycles. The number of halogens is 2. The van der Waals surface area contributed by atoms with Crippen molar-refractivity contribution in [1.29, 1.82) is 5.26 Å². The molecule has 0 bridgehead atoms. The van der Waals surface area contributed by atoms with Crippen LogP contribution in [0.1, 0.15) is 5.56 Å². The van der Waals surface area contributed by atoms with Crippen molar-refractivity contribution in [2.24, 2.45) is 0 Å². The maximum absolute atomic E-state index is 13.7. The van der Waals surface area contributed by atoms with Gasteiger partial charge >= 0.3 is 0 Å². The summed E-state index contributed by atoms with van der Waals surface area (Å²) in [5, 5.41) is 8.70. The first-order valence-electron chi connectivity index (χ1n) is 5.80. The van der Waals surface area contributed by atoms with Crippen LogP contribution in [0.4, 0.5) is 14.5 Å². The third kappa shape index (κ3) is 2.85. The molecule has 108 valence electrons. The third-order valence-corrected chi connectivity index (χ3v) is 4.71. The molecule has 0 saturated heterocycles. The van der Waals surface area contributed by atoms with E-state index in [1.807, 2.05) is 6.07 Å². The van der Waals surface area contributed by atoms with Gasteiger partial charge in [-0.2, -0.15) is 5.26 Å². The Kier molecular flexibility index (Phi) is 3.91. The Morgan fingerprint density at radius 2 is 1.71 bits per heavy atom. The standard InChI is InChI=1S/C14H10F2N2O2S/c1-18(12-5-2-10(9-17)3-6-12)21(19,20)14-7-4-11(15)8-13(14)16/h2-8H,1H3. The number of benzene rings is 2. The molecule has 2 aromatic carbocycles. The Balaban J connectivity index is 2.45. The largest absolute Gasteiger partial charge is 0.269 e. The van der Waals surface area contributed by atoms with Crippen molar-refractivity contribution in [2.75, 3.05) is 11.4 Å². The van der Waals surface area contributed by atoms with Crippen LogP contribution in [0.25, 0.3) is 0 Å². The normalized spacial score (nSPS) is 11.0. The third-order valence-electron chi connectivity index (χ3n) is 2.89. The average molecular weight is 308 g/mol. The van der Waals surface area contributed by atoms with Crippen LogP contribution in [-0.4, -0.2) is 15.5 Å². The zero-order valence-corrected chi connectivity index (χ0v) is 11.7. The Morgan fingerprint density at radius 3 is 2.24 bits per heavy atom. The molecule has 4 nitrogen and oxygen atoms in total. The van der Waals surface area contributed by atoms with Crippen LogP contribution in [0.15, 0.2) is 47.4 Å². The molecule has 7 heteroatoms. The van der Waals surface area contributed by atoms with E-state index in [2.05, 4.69) is 0 Å². The van der Waals surface area contributed by atoms with Crippen molar-refractivity contribution >= 4 is 15.7 Å². The second kappa shape index (κ2) is 5.50. The van der Waals surface area contributed by atoms with Gasteiger partial charge in [0.05, 0.1) is 17.3 Å². The highest BCUT2D eigenvalue weighted by Crippen LogP contribution is 2.24. The van der Waals surface area contributed by atoms with Gasteiger partial charge < -0.3 is 0 Å². The molecular formula is C14H10F2N2O2S. The minimum absolute atomic E-state index is 0.262. The summed E-state index contributed by atoms with van der Waals surface area (Å²) in [6.45, 7) is 0. The van der Waals surface area contributed by atoms with Gasteiger partial charge in [-0.25, -0.2) is 17.2 Å². The first-order chi connectivity index (χ1) is 9.86. The lowest BCUT2D eigenvalue weighted by Crippen LogP contribution is -2.27. The molecule has 21 heavy (non-hydrogen) atoms. The molecule has 0 aromatic heterocycles. The number of hydrogen-bond acceptors (Lipinski definition) is 3. The second-order valence-corrected chi connectivity index (χ2v) is 6.14. The van der Waals surface area contributed by atoms with Gasteiger partial charge in [-0.3, -0.25) is 4.31 Å². The molecule has 0 aliphatic rings. The molecule has 0 N–H and O–H groups in total. The van der Waals surface area contributed by atoms with Crippen molar-refractivity contribution in [1.82, 2.24) is 0 Å². The fraction of sp³-hybridized carbons (Fsp3) is 0.0714. The molecule has 0 amide bonds. The lowest BCUT2D eigenvalue weighted by atomic mass is 10.2. The van der Waals surface area contributed by atoms with Crippen molar-refractivity contribution in [3.63, 3.8) is 0 Å². The number of sulfonamides is 1. The minimum Gasteiger partial charge on any atom is -0.269 e. The monoisotopic (exact) mass is 308 g/mol. The lowest BCUT2D eigenvalue weighted by molar-refractivity contribution is 0.548. The highest BCUT2D eigenvalue weighted by molar-refractivity contribution is 7.92. The molecule has 0 radical (unpaired) electrons. The Labute approximate surface area is 120 Å². The van der Waals surface area contributed by atoms with E-state index in [1.165, 1.54) is 31.3 Å². The summed E-state index contributed by atoms with van der Waals surface area (Å²) in [4.78, 5) is -0.615. The van der Waals surface area contributed by atoms with Crippen molar-refractivity contribution < 1.29 is 17.2 Å². The maximum atomic E-state index is 13.7. The number of hydrogen-bond donors (Lipinski definition) is 0. The zero-order chi connectivity index (χ0) is 15.6. The van der Waals surface area contributed by atoms with Crippen molar-refractivity contribution in [3.8, 4) is 6.07 Å². The van der Waals surface area contributed by atoms with Gasteiger partial charge in [0.2, 0.25) is 0 Å². The number of nitrogens with zero attached hydrogens (tertiary/aromatic N) is 2. The van der Waals surface area contributed by atoms with Gasteiger partial charge in [-0.15, -0.1) is 0 Å². The van der Waals surface area contributed by atoms with Gasteiger partial charge in [0.1, 0.15) is 16.5 Å². The summed E-state index contributed by atoms with van der Waals surface area (Å²) in [5.41, 5.74) is 0.634. The predicted octanol–water partition coefficient (Wildman–Crippen LogP) is 2.66. The minimum atomic E-state index is -4.15. The summed E-state index contributed by atoms with van der Waals surface area (Å²) in [6, 6.07) is 9.93. The second-order valence-electron chi connectivity index (χ2n) is 4.21. The van der Waals surface area contributed by atoms with Crippen LogP contribution in [0.3, 0.4) is 0 Å². The summed E-state index contributed by atoms with van der Waals surface area (Å²) in [6.07, 6.45) is 0. The molecule has 0 aliphatic carbocycles. The van der Waals surface area contributed by atoms with Crippen LogP contribution in [0, 0.1) is 23.0 Å². The van der Waals surface area contributed by atoms with E-state index in [1.54, 1.807) is 0 Å². The quantitative estimate of drug-likeness (QED) is 0.876. The van der Waals surface area contributed by atoms with E-state index in [4.69, 9.17) is 5.26 Å². The molecule has 0 aliphatic heterocycles. The van der Waals surface area contributed by atoms with Gasteiger partial charge in [-0.1, -0.05) is 0 Å². The molecule has 0 spiro atoms. The first kappa shape index (κ1) is 14.9. The SMILES string of the molecule is CN(c1ccc(C#N)cc1)S(=O)(=O)c1ccc(F)cc1F. The van der Waals surface area contributed by atoms with E-state index in [0.717, 1.165) is 16.4 Å². The number of anilines is 1. The van der Waals surface area contributed by atoms with Gasteiger partial charge in [0.25, 0.3) is 10.0 Å². The maximum Gasteiger partial charge on any atom is 0.266 e. The Bertz CT molecular complexity index is 812. The van der Waals surface area contributed by atoms with E-state index in [-0.39, 0.29) is 5.69 Å². The van der Waals surface area contributed by atoms with Gasteiger partial charge in [0, 0.05) is 13.1 Å². The summed E-state index contributed by atoms with van der Waals surface area (Å²) in [5.74, 6) is -2.01. The van der Waals surface area contributed by atoms with Gasteiger partial charge in [0.15, 0.2) is 0 Å². The summed E-state index contributed by atoms with van der Waals surface area (Å²) in [7, 11) is -2.90. The topological polar surface area (TPSA) is 61.2 Å². The fourth-order valence-electron chi connectivity index (χ4n) is 1.72. The Hall–Kier alpha value is -2.46. The van der Waals surface area contributed by atoms with Crippen molar-refractivity contribution in [2.45, 2.75) is 4.90 Å². The molecule has 2 aromatic rings. The zero-order valence-electron chi connectivity index (χ0n) is 10.9. The molecular weight excluding hydrogens is 298 g/mol. The fourth-order valence-corrected chi connectivity index (χ4v) is 2.96. The highest BCUT2D eigenvalue weighted by atomic mass is 32.2. The highest BCUT2D eigenvalue weighted by Gasteiger charge is 2.25. The van der Waals surface area contributed by atoms with Crippen LogP contribution in [0.2, 0.25) is 0 Å². The van der Waals surface area contributed by atoms with E-state index >= 15 is 0 Å². The van der Waals surface area contributed by atoms with Crippen LogP contribution < -0.4 is 4.31 Å². The average Bonchev–Trinajstić information content (AvgIpc) is 2.46. The van der Waals surface area contributed by atoms with E-state index < -0.39 is 26.6 Å². The van der Waals surface area contributed by atoms with Gasteiger partial charge in [-0.05, 0) is 36.4 Å². The summed E-state index contributed by atoms with van der Waals surface area (Å²) >= 11 is 0. The molecule has 2 rings (SSSR count). The van der Waals surface area contributed by atoms with Crippen LogP contribution in [-0.2, 0) is 10.0 Å². The number of rotatable bonds is 3. The van der Waals surface area contributed by atoms with Crippen molar-refractivity contribution in [3.05, 3.63) is 59.7 Å². The smallest absolute Gasteiger partial charge is 0.266 e. The first-order valence-corrected chi connectivity index (χ1v) is 7.24. The Morgan fingerprint density at radius 1 is 1.10 bits per heavy atom. The predicted molar refractivity (Wildman–Crippen MR) is 73.1 cm³/mol. The molecule has 0 atom stereocenters.